The molecule has 9 heteroatoms. The van der Waals surface area contributed by atoms with Gasteiger partial charge >= 0.3 is 12.0 Å². The molecule has 1 saturated heterocycles. The first kappa shape index (κ1) is 14.3. The van der Waals surface area contributed by atoms with Crippen molar-refractivity contribution in [3.63, 3.8) is 0 Å². The Hall–Kier alpha value is -2.16. The van der Waals surface area contributed by atoms with Gasteiger partial charge in [0.1, 0.15) is 6.04 Å². The number of urea groups is 1. The zero-order valence-electron chi connectivity index (χ0n) is 10.8. The number of anilines is 1. The van der Waals surface area contributed by atoms with Gasteiger partial charge in [0.25, 0.3) is 0 Å². The lowest BCUT2D eigenvalue weighted by Crippen LogP contribution is -2.58. The van der Waals surface area contributed by atoms with Gasteiger partial charge in [-0.1, -0.05) is 0 Å². The third-order valence-corrected chi connectivity index (χ3v) is 3.67. The number of aromatic nitrogens is 1. The highest BCUT2D eigenvalue weighted by atomic mass is 32.1. The lowest BCUT2D eigenvalue weighted by molar-refractivity contribution is -0.142. The predicted octanol–water partition coefficient (Wildman–Crippen LogP) is 0.259. The first-order valence-electron chi connectivity index (χ1n) is 5.96. The van der Waals surface area contributed by atoms with Gasteiger partial charge in [0.2, 0.25) is 5.91 Å². The van der Waals surface area contributed by atoms with Crippen molar-refractivity contribution in [3.05, 3.63) is 11.1 Å². The number of hydrogen-bond donors (Lipinski definition) is 3. The van der Waals surface area contributed by atoms with E-state index in [0.29, 0.717) is 11.7 Å². The Bertz CT molecular complexity index is 544. The summed E-state index contributed by atoms with van der Waals surface area (Å²) in [7, 11) is 0. The largest absolute Gasteiger partial charge is 0.481 e. The SMILES string of the molecule is Cc1csc(NC(=O)N2CCNC(=O)C2CC(=O)O)n1. The maximum Gasteiger partial charge on any atom is 0.324 e. The highest BCUT2D eigenvalue weighted by molar-refractivity contribution is 7.13. The molecule has 8 nitrogen and oxygen atoms in total. The van der Waals surface area contributed by atoms with Gasteiger partial charge in [-0.25, -0.2) is 9.78 Å². The monoisotopic (exact) mass is 298 g/mol. The van der Waals surface area contributed by atoms with E-state index >= 15 is 0 Å². The Kier molecular flexibility index (Phi) is 4.18. The topological polar surface area (TPSA) is 112 Å². The summed E-state index contributed by atoms with van der Waals surface area (Å²) in [5, 5.41) is 16.2. The van der Waals surface area contributed by atoms with Crippen molar-refractivity contribution in [1.82, 2.24) is 15.2 Å². The summed E-state index contributed by atoms with van der Waals surface area (Å²) < 4.78 is 0. The normalized spacial score (nSPS) is 18.6. The number of piperazine rings is 1. The number of carbonyl (C=O) groups excluding carboxylic acids is 2. The molecule has 108 valence electrons. The fourth-order valence-corrected chi connectivity index (χ4v) is 2.58. The minimum absolute atomic E-state index is 0.264. The summed E-state index contributed by atoms with van der Waals surface area (Å²) in [6.07, 6.45) is -0.420. The molecule has 1 aliphatic heterocycles. The third-order valence-electron chi connectivity index (χ3n) is 2.79. The summed E-state index contributed by atoms with van der Waals surface area (Å²) in [5.41, 5.74) is 0.781. The van der Waals surface area contributed by atoms with Crippen LogP contribution in [0.25, 0.3) is 0 Å². The average Bonchev–Trinajstić information content (AvgIpc) is 2.76. The molecule has 0 saturated carbocycles. The van der Waals surface area contributed by atoms with Crippen molar-refractivity contribution < 1.29 is 19.5 Å². The van der Waals surface area contributed by atoms with Crippen molar-refractivity contribution >= 4 is 34.4 Å². The van der Waals surface area contributed by atoms with Crippen LogP contribution < -0.4 is 10.6 Å². The number of carboxylic acid groups (broad SMARTS) is 1. The number of thiazole rings is 1. The van der Waals surface area contributed by atoms with Crippen LogP contribution in [0.15, 0.2) is 5.38 Å². The quantitative estimate of drug-likeness (QED) is 0.741. The molecule has 3 N–H and O–H groups in total. The maximum atomic E-state index is 12.1. The number of nitrogens with zero attached hydrogens (tertiary/aromatic N) is 2. The molecule has 0 bridgehead atoms. The summed E-state index contributed by atoms with van der Waals surface area (Å²) >= 11 is 1.27. The zero-order chi connectivity index (χ0) is 14.7. The van der Waals surface area contributed by atoms with Crippen LogP contribution in [0, 0.1) is 6.92 Å². The van der Waals surface area contributed by atoms with E-state index in [-0.39, 0.29) is 6.54 Å². The molecule has 0 spiro atoms. The molecule has 1 aliphatic rings. The lowest BCUT2D eigenvalue weighted by atomic mass is 10.1. The van der Waals surface area contributed by atoms with Crippen molar-refractivity contribution in [2.75, 3.05) is 18.4 Å². The molecule has 0 radical (unpaired) electrons. The Morgan fingerprint density at radius 1 is 1.65 bits per heavy atom. The van der Waals surface area contributed by atoms with Gasteiger partial charge in [0, 0.05) is 18.5 Å². The number of rotatable bonds is 3. The molecule has 1 aromatic heterocycles. The molecule has 1 fully saturated rings. The second kappa shape index (κ2) is 5.87. The molecule has 1 aromatic rings. The van der Waals surface area contributed by atoms with Gasteiger partial charge in [0.15, 0.2) is 5.13 Å². The lowest BCUT2D eigenvalue weighted by Gasteiger charge is -2.33. The summed E-state index contributed by atoms with van der Waals surface area (Å²) in [6, 6.07) is -1.51. The zero-order valence-corrected chi connectivity index (χ0v) is 11.6. The van der Waals surface area contributed by atoms with Gasteiger partial charge in [-0.2, -0.15) is 0 Å². The van der Waals surface area contributed by atoms with Crippen LogP contribution in [0.3, 0.4) is 0 Å². The smallest absolute Gasteiger partial charge is 0.324 e. The van der Waals surface area contributed by atoms with E-state index in [1.54, 1.807) is 12.3 Å². The number of nitrogens with one attached hydrogen (secondary N) is 2. The number of aryl methyl sites for hydroxylation is 1. The molecular formula is C11H14N4O4S. The van der Waals surface area contributed by atoms with Gasteiger partial charge < -0.3 is 15.3 Å². The van der Waals surface area contributed by atoms with E-state index in [2.05, 4.69) is 15.6 Å². The van der Waals surface area contributed by atoms with E-state index in [1.165, 1.54) is 16.2 Å². The Morgan fingerprint density at radius 3 is 3.00 bits per heavy atom. The van der Waals surface area contributed by atoms with Crippen LogP contribution in [0.4, 0.5) is 9.93 Å². The highest BCUT2D eigenvalue weighted by Crippen LogP contribution is 2.17. The molecule has 20 heavy (non-hydrogen) atoms. The standard InChI is InChI=1S/C11H14N4O4S/c1-6-5-20-10(13-6)14-11(19)15-3-2-12-9(18)7(15)4-8(16)17/h5,7H,2-4H2,1H3,(H,12,18)(H,16,17)(H,13,14,19). The molecule has 0 aromatic carbocycles. The number of hydrogen-bond acceptors (Lipinski definition) is 5. The van der Waals surface area contributed by atoms with E-state index < -0.39 is 30.4 Å². The maximum absolute atomic E-state index is 12.1. The van der Waals surface area contributed by atoms with Gasteiger partial charge in [-0.15, -0.1) is 11.3 Å². The molecule has 1 unspecified atom stereocenters. The van der Waals surface area contributed by atoms with E-state index in [1.807, 2.05) is 0 Å². The van der Waals surface area contributed by atoms with Crippen LogP contribution in [0.1, 0.15) is 12.1 Å². The van der Waals surface area contributed by atoms with Crippen LogP contribution >= 0.6 is 11.3 Å². The molecule has 1 atom stereocenters. The third kappa shape index (κ3) is 3.23. The summed E-state index contributed by atoms with van der Waals surface area (Å²) in [6.45, 7) is 2.37. The molecule has 2 heterocycles. The van der Waals surface area contributed by atoms with Gasteiger partial charge in [-0.05, 0) is 6.92 Å². The van der Waals surface area contributed by atoms with Crippen LogP contribution in [-0.4, -0.2) is 52.0 Å². The number of amides is 3. The Labute approximate surface area is 118 Å². The fourth-order valence-electron chi connectivity index (χ4n) is 1.90. The van der Waals surface area contributed by atoms with Gasteiger partial charge in [-0.3, -0.25) is 14.9 Å². The first-order chi connectivity index (χ1) is 9.47. The van der Waals surface area contributed by atoms with E-state index in [9.17, 15) is 14.4 Å². The average molecular weight is 298 g/mol. The summed E-state index contributed by atoms with van der Waals surface area (Å²) in [4.78, 5) is 39.9. The Morgan fingerprint density at radius 2 is 2.40 bits per heavy atom. The first-order valence-corrected chi connectivity index (χ1v) is 6.84. The second-order valence-electron chi connectivity index (χ2n) is 4.32. The van der Waals surface area contributed by atoms with Gasteiger partial charge in [0.05, 0.1) is 12.1 Å². The van der Waals surface area contributed by atoms with Crippen molar-refractivity contribution in [3.8, 4) is 0 Å². The predicted molar refractivity (Wildman–Crippen MR) is 71.6 cm³/mol. The molecule has 0 aliphatic carbocycles. The fraction of sp³-hybridized carbons (Fsp3) is 0.455. The van der Waals surface area contributed by atoms with Crippen molar-refractivity contribution in [2.24, 2.45) is 0 Å². The van der Waals surface area contributed by atoms with Crippen LogP contribution in [-0.2, 0) is 9.59 Å². The van der Waals surface area contributed by atoms with Crippen molar-refractivity contribution in [2.45, 2.75) is 19.4 Å². The number of aliphatic carboxylic acids is 1. The van der Waals surface area contributed by atoms with Crippen molar-refractivity contribution in [1.29, 1.82) is 0 Å². The molecule has 2 rings (SSSR count). The molecule has 3 amide bonds. The van der Waals surface area contributed by atoms with E-state index in [0.717, 1.165) is 5.69 Å². The minimum Gasteiger partial charge on any atom is -0.481 e. The molecular weight excluding hydrogens is 284 g/mol. The Balaban J connectivity index is 2.08. The minimum atomic E-state index is -1.13. The number of carboxylic acids is 1. The summed E-state index contributed by atoms with van der Waals surface area (Å²) in [5.74, 6) is -1.58. The van der Waals surface area contributed by atoms with Crippen LogP contribution in [0.5, 0.6) is 0 Å². The second-order valence-corrected chi connectivity index (χ2v) is 5.18. The van der Waals surface area contributed by atoms with E-state index in [4.69, 9.17) is 5.11 Å². The highest BCUT2D eigenvalue weighted by Gasteiger charge is 2.34. The number of carbonyl (C=O) groups is 3. The van der Waals surface area contributed by atoms with Crippen LogP contribution in [0.2, 0.25) is 0 Å².